The lowest BCUT2D eigenvalue weighted by Crippen LogP contribution is -2.33. The summed E-state index contributed by atoms with van der Waals surface area (Å²) in [6.07, 6.45) is 8.56. The lowest BCUT2D eigenvalue weighted by atomic mass is 9.94. The smallest absolute Gasteiger partial charge is 0.305 e. The van der Waals surface area contributed by atoms with Crippen LogP contribution in [0.1, 0.15) is 73.4 Å². The highest BCUT2D eigenvalue weighted by molar-refractivity contribution is 6.04. The van der Waals surface area contributed by atoms with E-state index in [1.807, 2.05) is 53.4 Å². The van der Waals surface area contributed by atoms with Crippen LogP contribution in [0.2, 0.25) is 0 Å². The van der Waals surface area contributed by atoms with Gasteiger partial charge in [-0.1, -0.05) is 67.4 Å². The Morgan fingerprint density at radius 3 is 2.39 bits per heavy atom. The maximum absolute atomic E-state index is 13.1. The number of methoxy groups -OCH3 is 2. The molecule has 0 aromatic heterocycles. The Morgan fingerprint density at radius 1 is 0.974 bits per heavy atom. The number of carbonyl (C=O) groups excluding carboxylic acids is 3. The van der Waals surface area contributed by atoms with E-state index in [0.29, 0.717) is 43.5 Å². The number of rotatable bonds is 15. The van der Waals surface area contributed by atoms with Gasteiger partial charge in [0.25, 0.3) is 0 Å². The first-order valence-corrected chi connectivity index (χ1v) is 13.4. The Bertz CT molecular complexity index is 1090. The predicted octanol–water partition coefficient (Wildman–Crippen LogP) is 5.42. The number of allylic oxidation sites excluding steroid dienone is 1. The van der Waals surface area contributed by atoms with Crippen LogP contribution in [0, 0.1) is 0 Å². The Balaban J connectivity index is 1.61. The van der Waals surface area contributed by atoms with Gasteiger partial charge >= 0.3 is 5.97 Å². The van der Waals surface area contributed by atoms with Crippen LogP contribution in [0.25, 0.3) is 0 Å². The minimum Gasteiger partial charge on any atom is -0.466 e. The van der Waals surface area contributed by atoms with Gasteiger partial charge in [-0.15, -0.1) is 0 Å². The highest BCUT2D eigenvalue weighted by atomic mass is 16.7. The molecule has 0 radical (unpaired) electrons. The number of ketones is 1. The van der Waals surface area contributed by atoms with Crippen molar-refractivity contribution < 1.29 is 28.6 Å². The molecule has 1 amide bonds. The molecule has 0 saturated carbocycles. The molecule has 1 atom stereocenters. The van der Waals surface area contributed by atoms with E-state index in [2.05, 4.69) is 0 Å². The minimum atomic E-state index is -1.13. The molecule has 1 unspecified atom stereocenters. The van der Waals surface area contributed by atoms with Crippen LogP contribution in [-0.4, -0.2) is 56.0 Å². The number of nitrogens with zero attached hydrogens (tertiary/aromatic N) is 1. The number of hydrogen-bond donors (Lipinski definition) is 0. The van der Waals surface area contributed by atoms with Gasteiger partial charge in [0, 0.05) is 50.3 Å². The summed E-state index contributed by atoms with van der Waals surface area (Å²) in [6, 6.07) is 16.8. The number of unbranched alkanes of at least 4 members (excludes halogenated alkanes) is 3. The molecule has 7 nitrogen and oxygen atoms in total. The number of likely N-dealkylation sites (tertiary alicyclic amines) is 1. The predicted molar refractivity (Wildman–Crippen MR) is 146 cm³/mol. The van der Waals surface area contributed by atoms with Gasteiger partial charge in [-0.3, -0.25) is 14.4 Å². The quantitative estimate of drug-likeness (QED) is 0.102. The third kappa shape index (κ3) is 7.39. The summed E-state index contributed by atoms with van der Waals surface area (Å²) < 4.78 is 16.6. The van der Waals surface area contributed by atoms with Crippen molar-refractivity contribution in [2.45, 2.75) is 63.7 Å². The summed E-state index contributed by atoms with van der Waals surface area (Å²) in [5, 5.41) is 0. The average molecular weight is 522 g/mol. The van der Waals surface area contributed by atoms with Crippen LogP contribution in [0.5, 0.6) is 0 Å². The lowest BCUT2D eigenvalue weighted by Gasteiger charge is -2.32. The van der Waals surface area contributed by atoms with Gasteiger partial charge in [0.1, 0.15) is 0 Å². The minimum absolute atomic E-state index is 0.0875. The van der Waals surface area contributed by atoms with Gasteiger partial charge in [0.05, 0.1) is 12.6 Å². The number of hydrogen-bond acceptors (Lipinski definition) is 6. The number of amides is 1. The molecule has 1 heterocycles. The molecule has 0 spiro atoms. The van der Waals surface area contributed by atoms with E-state index < -0.39 is 5.79 Å². The van der Waals surface area contributed by atoms with Crippen LogP contribution in [0.4, 0.5) is 0 Å². The summed E-state index contributed by atoms with van der Waals surface area (Å²) in [5.41, 5.74) is 2.06. The molecular formula is C31H39NO6. The Labute approximate surface area is 225 Å². The van der Waals surface area contributed by atoms with Crippen LogP contribution >= 0.6 is 0 Å². The first kappa shape index (κ1) is 29.3. The van der Waals surface area contributed by atoms with Gasteiger partial charge in [0.15, 0.2) is 5.78 Å². The molecule has 1 aliphatic heterocycles. The lowest BCUT2D eigenvalue weighted by molar-refractivity contribution is -0.183. The normalized spacial score (nSPS) is 15.8. The fourth-order valence-corrected chi connectivity index (χ4v) is 4.94. The molecule has 2 aromatic rings. The van der Waals surface area contributed by atoms with E-state index in [1.54, 1.807) is 39.4 Å². The first-order chi connectivity index (χ1) is 18.4. The topological polar surface area (TPSA) is 82.1 Å². The maximum atomic E-state index is 13.1. The fourth-order valence-electron chi connectivity index (χ4n) is 4.94. The Kier molecular flexibility index (Phi) is 11.2. The van der Waals surface area contributed by atoms with Crippen molar-refractivity contribution in [2.24, 2.45) is 0 Å². The van der Waals surface area contributed by atoms with Crippen molar-refractivity contribution in [2.75, 3.05) is 27.4 Å². The Hall–Kier alpha value is -3.29. The van der Waals surface area contributed by atoms with Gasteiger partial charge in [-0.25, -0.2) is 0 Å². The van der Waals surface area contributed by atoms with Crippen LogP contribution in [0.3, 0.4) is 0 Å². The van der Waals surface area contributed by atoms with Gasteiger partial charge in [-0.05, 0) is 38.3 Å². The van der Waals surface area contributed by atoms with Gasteiger partial charge in [0.2, 0.25) is 11.7 Å². The van der Waals surface area contributed by atoms with Crippen LogP contribution in [-0.2, 0) is 29.6 Å². The molecule has 7 heteroatoms. The highest BCUT2D eigenvalue weighted by Crippen LogP contribution is 2.34. The average Bonchev–Trinajstić information content (AvgIpc) is 3.30. The van der Waals surface area contributed by atoms with Gasteiger partial charge < -0.3 is 19.1 Å². The zero-order chi connectivity index (χ0) is 27.4. The largest absolute Gasteiger partial charge is 0.466 e. The zero-order valence-electron chi connectivity index (χ0n) is 22.7. The number of ether oxygens (including phenoxy) is 3. The standard InChI is InChI=1S/C31H39NO6/c1-4-38-30(35)17-10-5-6-11-22-32-27(19-21-29(32)34)18-20-28(33)24-13-12-16-26(23-24)31(36-2,37-3)25-14-8-7-9-15-25/h7-9,12-16,18,20,23,27H,4-6,10-11,17,19,21-22H2,1-3H3. The third-order valence-electron chi connectivity index (χ3n) is 6.94. The molecule has 1 aliphatic rings. The van der Waals surface area contributed by atoms with Crippen LogP contribution in [0.15, 0.2) is 66.7 Å². The molecule has 1 saturated heterocycles. The zero-order valence-corrected chi connectivity index (χ0v) is 22.7. The SMILES string of the molecule is CCOC(=O)CCCCCCN1C(=O)CCC1C=CC(=O)c1cccc(C(OC)(OC)c2ccccc2)c1. The second kappa shape index (κ2) is 14.6. The summed E-state index contributed by atoms with van der Waals surface area (Å²) >= 11 is 0. The van der Waals surface area contributed by atoms with E-state index >= 15 is 0 Å². The van der Waals surface area contributed by atoms with E-state index in [9.17, 15) is 14.4 Å². The molecular weight excluding hydrogens is 482 g/mol. The molecule has 3 rings (SSSR count). The molecule has 2 aromatic carbocycles. The van der Waals surface area contributed by atoms with Crippen molar-refractivity contribution in [1.29, 1.82) is 0 Å². The van der Waals surface area contributed by atoms with Crippen molar-refractivity contribution >= 4 is 17.7 Å². The summed E-state index contributed by atoms with van der Waals surface area (Å²) in [5.74, 6) is -1.31. The molecule has 0 aliphatic carbocycles. The first-order valence-electron chi connectivity index (χ1n) is 13.4. The molecule has 38 heavy (non-hydrogen) atoms. The molecule has 204 valence electrons. The van der Waals surface area contributed by atoms with E-state index in [-0.39, 0.29) is 23.7 Å². The summed E-state index contributed by atoms with van der Waals surface area (Å²) in [6.45, 7) is 2.87. The maximum Gasteiger partial charge on any atom is 0.305 e. The van der Waals surface area contributed by atoms with Crippen molar-refractivity contribution in [3.05, 3.63) is 83.4 Å². The number of esters is 1. The van der Waals surface area contributed by atoms with Crippen molar-refractivity contribution in [3.63, 3.8) is 0 Å². The van der Waals surface area contributed by atoms with E-state index in [1.165, 1.54) is 0 Å². The molecule has 1 fully saturated rings. The van der Waals surface area contributed by atoms with Crippen molar-refractivity contribution in [3.8, 4) is 0 Å². The van der Waals surface area contributed by atoms with E-state index in [0.717, 1.165) is 31.2 Å². The Morgan fingerprint density at radius 2 is 1.68 bits per heavy atom. The molecule has 0 bridgehead atoms. The third-order valence-corrected chi connectivity index (χ3v) is 6.94. The fraction of sp³-hybridized carbons (Fsp3) is 0.452. The van der Waals surface area contributed by atoms with E-state index in [4.69, 9.17) is 14.2 Å². The van der Waals surface area contributed by atoms with Crippen molar-refractivity contribution in [1.82, 2.24) is 4.90 Å². The summed E-state index contributed by atoms with van der Waals surface area (Å²) in [7, 11) is 3.16. The number of benzene rings is 2. The van der Waals surface area contributed by atoms with Gasteiger partial charge in [-0.2, -0.15) is 0 Å². The highest BCUT2D eigenvalue weighted by Gasteiger charge is 2.35. The molecule has 0 N–H and O–H groups in total. The monoisotopic (exact) mass is 521 g/mol. The summed E-state index contributed by atoms with van der Waals surface area (Å²) in [4.78, 5) is 38.9. The second-order valence-corrected chi connectivity index (χ2v) is 9.36. The second-order valence-electron chi connectivity index (χ2n) is 9.36. The van der Waals surface area contributed by atoms with Crippen LogP contribution < -0.4 is 0 Å². The number of carbonyl (C=O) groups is 3.